The number of aromatic nitrogens is 3. The third-order valence-corrected chi connectivity index (χ3v) is 5.69. The van der Waals surface area contributed by atoms with Crippen LogP contribution in [-0.4, -0.2) is 21.2 Å². The van der Waals surface area contributed by atoms with Crippen LogP contribution >= 0.6 is 22.7 Å². The summed E-state index contributed by atoms with van der Waals surface area (Å²) in [5.41, 5.74) is 9.77. The van der Waals surface area contributed by atoms with Crippen LogP contribution in [0.1, 0.15) is 49.3 Å². The van der Waals surface area contributed by atoms with E-state index >= 15 is 0 Å². The number of hydrazone groups is 1. The summed E-state index contributed by atoms with van der Waals surface area (Å²) in [6, 6.07) is 2.06. The molecule has 1 atom stereocenters. The Hall–Kier alpha value is -1.90. The molecule has 0 bridgehead atoms. The first-order valence-electron chi connectivity index (χ1n) is 7.59. The Morgan fingerprint density at radius 2 is 2.12 bits per heavy atom. The van der Waals surface area contributed by atoms with Gasteiger partial charge in [-0.05, 0) is 18.4 Å². The highest BCUT2D eigenvalue weighted by atomic mass is 32.1. The van der Waals surface area contributed by atoms with Crippen LogP contribution in [0, 0.1) is 0 Å². The van der Waals surface area contributed by atoms with Crippen LogP contribution in [0.5, 0.6) is 0 Å². The zero-order valence-electron chi connectivity index (χ0n) is 14.1. The van der Waals surface area contributed by atoms with E-state index in [1.54, 1.807) is 23.9 Å². The van der Waals surface area contributed by atoms with Gasteiger partial charge in [-0.2, -0.15) is 5.10 Å². The summed E-state index contributed by atoms with van der Waals surface area (Å²) in [7, 11) is 0. The molecule has 0 saturated carbocycles. The van der Waals surface area contributed by atoms with Crippen molar-refractivity contribution in [3.63, 3.8) is 0 Å². The van der Waals surface area contributed by atoms with Crippen LogP contribution in [0.2, 0.25) is 0 Å². The van der Waals surface area contributed by atoms with E-state index in [1.165, 1.54) is 16.2 Å². The molecule has 0 aromatic carbocycles. The molecule has 126 valence electrons. The van der Waals surface area contributed by atoms with Gasteiger partial charge in [0, 0.05) is 16.3 Å². The van der Waals surface area contributed by atoms with Gasteiger partial charge in [0.2, 0.25) is 0 Å². The zero-order valence-corrected chi connectivity index (χ0v) is 15.7. The molecule has 3 heterocycles. The summed E-state index contributed by atoms with van der Waals surface area (Å²) in [6.45, 7) is 8.48. The van der Waals surface area contributed by atoms with Gasteiger partial charge < -0.3 is 5.73 Å². The normalized spacial score (nSPS) is 13.7. The van der Waals surface area contributed by atoms with E-state index in [9.17, 15) is 0 Å². The van der Waals surface area contributed by atoms with Crippen molar-refractivity contribution in [1.82, 2.24) is 15.0 Å². The first-order chi connectivity index (χ1) is 11.3. The van der Waals surface area contributed by atoms with E-state index < -0.39 is 0 Å². The molecule has 24 heavy (non-hydrogen) atoms. The maximum absolute atomic E-state index is 5.81. The molecule has 0 fully saturated rings. The number of anilines is 1. The first-order valence-corrected chi connectivity index (χ1v) is 9.29. The summed E-state index contributed by atoms with van der Waals surface area (Å²) >= 11 is 3.20. The highest BCUT2D eigenvalue weighted by Crippen LogP contribution is 2.35. The van der Waals surface area contributed by atoms with Crippen LogP contribution in [0.4, 0.5) is 5.82 Å². The Labute approximate surface area is 148 Å². The van der Waals surface area contributed by atoms with E-state index in [1.807, 2.05) is 12.3 Å². The minimum atomic E-state index is -0.0699. The fraction of sp³-hybridized carbons (Fsp3) is 0.375. The molecule has 0 amide bonds. The van der Waals surface area contributed by atoms with Crippen molar-refractivity contribution < 1.29 is 0 Å². The van der Waals surface area contributed by atoms with Gasteiger partial charge in [0.25, 0.3) is 0 Å². The van der Waals surface area contributed by atoms with Crippen molar-refractivity contribution in [3.8, 4) is 0 Å². The molecule has 0 aliphatic carbocycles. The van der Waals surface area contributed by atoms with Crippen molar-refractivity contribution in [2.45, 2.75) is 39.2 Å². The van der Waals surface area contributed by atoms with Crippen molar-refractivity contribution >= 4 is 44.9 Å². The SMILES string of the molecule is CC(N)c1csc(/C=N/Nc2ncnc3sc(C(C)(C)C)cc23)n1. The lowest BCUT2D eigenvalue weighted by molar-refractivity contribution is 0.604. The lowest BCUT2D eigenvalue weighted by Gasteiger charge is -2.14. The third kappa shape index (κ3) is 3.61. The maximum Gasteiger partial charge on any atom is 0.158 e. The molecule has 3 rings (SSSR count). The second-order valence-corrected chi connectivity index (χ2v) is 8.49. The van der Waals surface area contributed by atoms with E-state index in [2.05, 4.69) is 52.3 Å². The Bertz CT molecular complexity index is 872. The third-order valence-electron chi connectivity index (χ3n) is 3.42. The Morgan fingerprint density at radius 1 is 1.33 bits per heavy atom. The fourth-order valence-electron chi connectivity index (χ4n) is 2.03. The first kappa shape index (κ1) is 16.9. The van der Waals surface area contributed by atoms with Crippen molar-refractivity contribution in [3.05, 3.63) is 33.4 Å². The summed E-state index contributed by atoms with van der Waals surface area (Å²) in [5, 5.41) is 7.99. The number of hydrogen-bond acceptors (Lipinski definition) is 8. The number of rotatable bonds is 4. The minimum absolute atomic E-state index is 0.0699. The molecule has 6 nitrogen and oxygen atoms in total. The molecule has 0 aliphatic heterocycles. The van der Waals surface area contributed by atoms with Gasteiger partial charge >= 0.3 is 0 Å². The number of nitrogens with two attached hydrogens (primary N) is 1. The number of nitrogens with zero attached hydrogens (tertiary/aromatic N) is 4. The van der Waals surface area contributed by atoms with Crippen LogP contribution in [0.3, 0.4) is 0 Å². The van der Waals surface area contributed by atoms with Gasteiger partial charge in [0.05, 0.1) is 17.3 Å². The van der Waals surface area contributed by atoms with Crippen LogP contribution in [0.15, 0.2) is 22.9 Å². The van der Waals surface area contributed by atoms with Crippen LogP contribution in [-0.2, 0) is 5.41 Å². The highest BCUT2D eigenvalue weighted by molar-refractivity contribution is 7.18. The Balaban J connectivity index is 1.82. The van der Waals surface area contributed by atoms with Gasteiger partial charge in [0.15, 0.2) is 5.82 Å². The minimum Gasteiger partial charge on any atom is -0.323 e. The number of fused-ring (bicyclic) bond motifs is 1. The van der Waals surface area contributed by atoms with Gasteiger partial charge in [-0.15, -0.1) is 22.7 Å². The molecule has 1 unspecified atom stereocenters. The molecule has 3 aromatic rings. The molecular formula is C16H20N6S2. The summed E-state index contributed by atoms with van der Waals surface area (Å²) in [6.07, 6.45) is 3.24. The topological polar surface area (TPSA) is 89.1 Å². The van der Waals surface area contributed by atoms with Crippen LogP contribution < -0.4 is 11.2 Å². The molecule has 0 saturated heterocycles. The van der Waals surface area contributed by atoms with E-state index in [4.69, 9.17) is 5.73 Å². The molecule has 8 heteroatoms. The smallest absolute Gasteiger partial charge is 0.158 e. The largest absolute Gasteiger partial charge is 0.323 e. The fourth-order valence-corrected chi connectivity index (χ4v) is 3.87. The number of nitrogens with one attached hydrogen (secondary N) is 1. The molecule has 0 aliphatic rings. The molecule has 3 aromatic heterocycles. The lowest BCUT2D eigenvalue weighted by Crippen LogP contribution is -2.07. The molecule has 3 N–H and O–H groups in total. The molecular weight excluding hydrogens is 340 g/mol. The van der Waals surface area contributed by atoms with E-state index in [0.29, 0.717) is 5.82 Å². The van der Waals surface area contributed by atoms with Crippen LogP contribution in [0.25, 0.3) is 10.2 Å². The molecule has 0 spiro atoms. The zero-order chi connectivity index (χ0) is 17.3. The second kappa shape index (κ2) is 6.54. The Morgan fingerprint density at radius 3 is 2.79 bits per heavy atom. The van der Waals surface area contributed by atoms with Crippen molar-refractivity contribution in [1.29, 1.82) is 0 Å². The highest BCUT2D eigenvalue weighted by Gasteiger charge is 2.18. The van der Waals surface area contributed by atoms with E-state index in [-0.39, 0.29) is 11.5 Å². The number of thiophene rings is 1. The standard InChI is InChI=1S/C16H20N6S2/c1-9(17)11-7-23-13(21-11)6-20-22-14-10-5-12(16(2,3)4)24-15(10)19-8-18-14/h5-9H,17H2,1-4H3,(H,18,19,22)/b20-6+. The average molecular weight is 361 g/mol. The predicted octanol–water partition coefficient (Wildman–Crippen LogP) is 3.91. The number of hydrogen-bond donors (Lipinski definition) is 2. The monoisotopic (exact) mass is 360 g/mol. The number of thiazole rings is 1. The molecule has 0 radical (unpaired) electrons. The maximum atomic E-state index is 5.81. The van der Waals surface area contributed by atoms with Gasteiger partial charge in [-0.3, -0.25) is 5.43 Å². The van der Waals surface area contributed by atoms with Gasteiger partial charge in [0.1, 0.15) is 16.2 Å². The van der Waals surface area contributed by atoms with Crippen molar-refractivity contribution in [2.24, 2.45) is 10.8 Å². The lowest BCUT2D eigenvalue weighted by atomic mass is 9.94. The van der Waals surface area contributed by atoms with Crippen molar-refractivity contribution in [2.75, 3.05) is 5.43 Å². The summed E-state index contributed by atoms with van der Waals surface area (Å²) in [5.74, 6) is 0.701. The second-order valence-electron chi connectivity index (χ2n) is 6.57. The van der Waals surface area contributed by atoms with Gasteiger partial charge in [-0.25, -0.2) is 15.0 Å². The van der Waals surface area contributed by atoms with E-state index in [0.717, 1.165) is 20.9 Å². The van der Waals surface area contributed by atoms with Gasteiger partial charge in [-0.1, -0.05) is 20.8 Å². The summed E-state index contributed by atoms with van der Waals surface area (Å²) in [4.78, 5) is 15.3. The predicted molar refractivity (Wildman–Crippen MR) is 102 cm³/mol. The Kier molecular flexibility index (Phi) is 4.62. The average Bonchev–Trinajstić information content (AvgIpc) is 3.13. The summed E-state index contributed by atoms with van der Waals surface area (Å²) < 4.78 is 0. The quantitative estimate of drug-likeness (QED) is 0.544.